The van der Waals surface area contributed by atoms with Crippen LogP contribution in [0.5, 0.6) is 0 Å². The first-order valence-corrected chi connectivity index (χ1v) is 6.41. The molecule has 1 amide bonds. The van der Waals surface area contributed by atoms with Gasteiger partial charge in [-0.05, 0) is 32.0 Å². The van der Waals surface area contributed by atoms with Crippen LogP contribution in [0.3, 0.4) is 0 Å². The molecule has 0 unspecified atom stereocenters. The van der Waals surface area contributed by atoms with Gasteiger partial charge in [0, 0.05) is 26.6 Å². The van der Waals surface area contributed by atoms with Crippen LogP contribution < -0.4 is 11.1 Å². The van der Waals surface area contributed by atoms with Crippen molar-refractivity contribution in [1.82, 2.24) is 5.32 Å². The number of carbonyl (C=O) groups excluding carboxylic acids is 1. The lowest BCUT2D eigenvalue weighted by atomic mass is 10.1. The highest BCUT2D eigenvalue weighted by Crippen LogP contribution is 2.20. The monoisotopic (exact) mass is 348 g/mol. The Balaban J connectivity index is 2.89. The van der Waals surface area contributed by atoms with E-state index in [4.69, 9.17) is 5.73 Å². The summed E-state index contributed by atoms with van der Waals surface area (Å²) in [5.74, 6) is -0.127. The summed E-state index contributed by atoms with van der Waals surface area (Å²) in [7, 11) is 0. The number of carbonyl (C=O) groups is 1. The van der Waals surface area contributed by atoms with Gasteiger partial charge in [0.15, 0.2) is 0 Å². The standard InChI is InChI=1S/C11H14Br2N2O/c1-11(2,6-14)15-10(16)7-3-8(12)5-9(13)4-7/h3-5H,6,14H2,1-2H3,(H,15,16). The van der Waals surface area contributed by atoms with Crippen molar-refractivity contribution in [3.63, 3.8) is 0 Å². The van der Waals surface area contributed by atoms with Crippen molar-refractivity contribution in [3.05, 3.63) is 32.7 Å². The average Bonchev–Trinajstić information content (AvgIpc) is 2.15. The van der Waals surface area contributed by atoms with Crippen molar-refractivity contribution in [2.45, 2.75) is 19.4 Å². The first kappa shape index (κ1) is 13.7. The molecule has 0 aliphatic rings. The third-order valence-electron chi connectivity index (χ3n) is 2.09. The van der Waals surface area contributed by atoms with E-state index in [0.29, 0.717) is 12.1 Å². The van der Waals surface area contributed by atoms with E-state index >= 15 is 0 Å². The molecule has 0 atom stereocenters. The van der Waals surface area contributed by atoms with Crippen LogP contribution in [0, 0.1) is 0 Å². The molecule has 0 aliphatic carbocycles. The van der Waals surface area contributed by atoms with Crippen LogP contribution in [0.4, 0.5) is 0 Å². The third-order valence-corrected chi connectivity index (χ3v) is 3.00. The van der Waals surface area contributed by atoms with Crippen LogP contribution in [0.15, 0.2) is 27.1 Å². The molecule has 0 fully saturated rings. The number of benzene rings is 1. The molecule has 5 heteroatoms. The molecule has 0 aromatic heterocycles. The van der Waals surface area contributed by atoms with E-state index in [2.05, 4.69) is 37.2 Å². The lowest BCUT2D eigenvalue weighted by Gasteiger charge is -2.24. The van der Waals surface area contributed by atoms with Gasteiger partial charge in [0.25, 0.3) is 5.91 Å². The van der Waals surface area contributed by atoms with Crippen molar-refractivity contribution < 1.29 is 4.79 Å². The van der Waals surface area contributed by atoms with Gasteiger partial charge in [-0.25, -0.2) is 0 Å². The number of nitrogens with two attached hydrogens (primary N) is 1. The van der Waals surface area contributed by atoms with E-state index in [0.717, 1.165) is 8.95 Å². The summed E-state index contributed by atoms with van der Waals surface area (Å²) in [6, 6.07) is 5.42. The summed E-state index contributed by atoms with van der Waals surface area (Å²) in [5, 5.41) is 2.87. The Morgan fingerprint density at radius 3 is 2.25 bits per heavy atom. The van der Waals surface area contributed by atoms with Crippen molar-refractivity contribution in [2.75, 3.05) is 6.54 Å². The molecule has 0 saturated heterocycles. The smallest absolute Gasteiger partial charge is 0.251 e. The molecule has 3 nitrogen and oxygen atoms in total. The number of hydrogen-bond donors (Lipinski definition) is 2. The Morgan fingerprint density at radius 2 is 1.81 bits per heavy atom. The van der Waals surface area contributed by atoms with Gasteiger partial charge in [-0.15, -0.1) is 0 Å². The second-order valence-electron chi connectivity index (χ2n) is 4.20. The van der Waals surface area contributed by atoms with Gasteiger partial charge in [0.2, 0.25) is 0 Å². The second kappa shape index (κ2) is 5.29. The summed E-state index contributed by atoms with van der Waals surface area (Å²) < 4.78 is 1.72. The molecule has 1 rings (SSSR count). The largest absolute Gasteiger partial charge is 0.346 e. The Kier molecular flexibility index (Phi) is 4.52. The Bertz CT molecular complexity index is 385. The molecule has 0 heterocycles. The highest BCUT2D eigenvalue weighted by Gasteiger charge is 2.19. The average molecular weight is 350 g/mol. The lowest BCUT2D eigenvalue weighted by molar-refractivity contribution is 0.0915. The van der Waals surface area contributed by atoms with Crippen molar-refractivity contribution >= 4 is 37.8 Å². The van der Waals surface area contributed by atoms with Crippen LogP contribution in [0.25, 0.3) is 0 Å². The van der Waals surface area contributed by atoms with Crippen LogP contribution >= 0.6 is 31.9 Å². The van der Waals surface area contributed by atoms with Gasteiger partial charge in [0.05, 0.1) is 0 Å². The predicted molar refractivity (Wildman–Crippen MR) is 72.4 cm³/mol. The van der Waals surface area contributed by atoms with Gasteiger partial charge in [0.1, 0.15) is 0 Å². The quantitative estimate of drug-likeness (QED) is 0.881. The fourth-order valence-electron chi connectivity index (χ4n) is 1.12. The lowest BCUT2D eigenvalue weighted by Crippen LogP contribution is -2.48. The predicted octanol–water partition coefficient (Wildman–Crippen LogP) is 2.68. The summed E-state index contributed by atoms with van der Waals surface area (Å²) in [6.45, 7) is 4.17. The van der Waals surface area contributed by atoms with Crippen LogP contribution in [-0.4, -0.2) is 18.0 Å². The maximum atomic E-state index is 11.9. The fourth-order valence-corrected chi connectivity index (χ4v) is 2.41. The minimum Gasteiger partial charge on any atom is -0.346 e. The van der Waals surface area contributed by atoms with Gasteiger partial charge in [-0.2, -0.15) is 0 Å². The molecule has 0 bridgehead atoms. The number of hydrogen-bond acceptors (Lipinski definition) is 2. The third kappa shape index (κ3) is 3.88. The first-order valence-electron chi connectivity index (χ1n) is 4.83. The maximum Gasteiger partial charge on any atom is 0.251 e. The molecule has 1 aromatic rings. The number of halogens is 2. The Hall–Kier alpha value is -0.390. The van der Waals surface area contributed by atoms with Gasteiger partial charge in [-0.3, -0.25) is 4.79 Å². The molecule has 1 aromatic carbocycles. The molecular weight excluding hydrogens is 336 g/mol. The van der Waals surface area contributed by atoms with Crippen LogP contribution in [-0.2, 0) is 0 Å². The summed E-state index contributed by atoms with van der Waals surface area (Å²) in [5.41, 5.74) is 5.76. The van der Waals surface area contributed by atoms with E-state index in [1.165, 1.54) is 0 Å². The molecule has 3 N–H and O–H groups in total. The van der Waals surface area contributed by atoms with Gasteiger partial charge >= 0.3 is 0 Å². The van der Waals surface area contributed by atoms with Gasteiger partial charge in [-0.1, -0.05) is 31.9 Å². The van der Waals surface area contributed by atoms with E-state index in [1.807, 2.05) is 19.9 Å². The minimum atomic E-state index is -0.397. The molecule has 0 aliphatic heterocycles. The Labute approximate surface area is 112 Å². The minimum absolute atomic E-state index is 0.127. The van der Waals surface area contributed by atoms with Crippen LogP contribution in [0.2, 0.25) is 0 Å². The maximum absolute atomic E-state index is 11.9. The number of amides is 1. The molecule has 0 saturated carbocycles. The van der Waals surface area contributed by atoms with E-state index in [1.54, 1.807) is 12.1 Å². The summed E-state index contributed by atoms with van der Waals surface area (Å²) in [6.07, 6.45) is 0. The number of nitrogens with one attached hydrogen (secondary N) is 1. The van der Waals surface area contributed by atoms with Gasteiger partial charge < -0.3 is 11.1 Å². The van der Waals surface area contributed by atoms with Crippen molar-refractivity contribution in [3.8, 4) is 0 Å². The van der Waals surface area contributed by atoms with E-state index in [-0.39, 0.29) is 5.91 Å². The van der Waals surface area contributed by atoms with Crippen molar-refractivity contribution in [1.29, 1.82) is 0 Å². The zero-order valence-corrected chi connectivity index (χ0v) is 12.4. The molecule has 88 valence electrons. The van der Waals surface area contributed by atoms with Crippen molar-refractivity contribution in [2.24, 2.45) is 5.73 Å². The van der Waals surface area contributed by atoms with E-state index < -0.39 is 5.54 Å². The molecule has 16 heavy (non-hydrogen) atoms. The highest BCUT2D eigenvalue weighted by atomic mass is 79.9. The highest BCUT2D eigenvalue weighted by molar-refractivity contribution is 9.11. The zero-order valence-electron chi connectivity index (χ0n) is 9.18. The summed E-state index contributed by atoms with van der Waals surface area (Å²) >= 11 is 6.69. The normalized spacial score (nSPS) is 11.3. The SMILES string of the molecule is CC(C)(CN)NC(=O)c1cc(Br)cc(Br)c1. The molecule has 0 spiro atoms. The molecular formula is C11H14Br2N2O. The first-order chi connectivity index (χ1) is 7.34. The number of rotatable bonds is 3. The fraction of sp³-hybridized carbons (Fsp3) is 0.364. The zero-order chi connectivity index (χ0) is 12.3. The summed E-state index contributed by atoms with van der Waals surface area (Å²) in [4.78, 5) is 11.9. The molecule has 0 radical (unpaired) electrons. The van der Waals surface area contributed by atoms with Crippen LogP contribution in [0.1, 0.15) is 24.2 Å². The topological polar surface area (TPSA) is 55.1 Å². The Morgan fingerprint density at radius 1 is 1.31 bits per heavy atom. The second-order valence-corrected chi connectivity index (χ2v) is 6.03. The van der Waals surface area contributed by atoms with E-state index in [9.17, 15) is 4.79 Å².